The third-order valence-corrected chi connectivity index (χ3v) is 4.68. The molecule has 0 radical (unpaired) electrons. The molecule has 27 heavy (non-hydrogen) atoms. The minimum absolute atomic E-state index is 0.213. The van der Waals surface area contributed by atoms with Crippen LogP contribution >= 0.6 is 11.3 Å². The van der Waals surface area contributed by atoms with Crippen molar-refractivity contribution in [2.24, 2.45) is 0 Å². The highest BCUT2D eigenvalue weighted by Gasteiger charge is 2.14. The second kappa shape index (κ2) is 7.88. The Balaban J connectivity index is 1.46. The summed E-state index contributed by atoms with van der Waals surface area (Å²) in [5, 5.41) is 4.84. The number of benzene rings is 2. The van der Waals surface area contributed by atoms with Crippen molar-refractivity contribution in [3.63, 3.8) is 0 Å². The highest BCUT2D eigenvalue weighted by molar-refractivity contribution is 7.13. The number of thiophene rings is 1. The van der Waals surface area contributed by atoms with Crippen LogP contribution < -0.4 is 10.1 Å². The Kier molecular flexibility index (Phi) is 4.98. The van der Waals surface area contributed by atoms with Crippen LogP contribution in [0.1, 0.15) is 16.1 Å². The van der Waals surface area contributed by atoms with E-state index in [1.807, 2.05) is 53.9 Å². The first kappa shape index (κ1) is 17.1. The Labute approximate surface area is 160 Å². The van der Waals surface area contributed by atoms with Crippen LogP contribution in [0.15, 0.2) is 82.8 Å². The van der Waals surface area contributed by atoms with Crippen LogP contribution in [0.4, 0.5) is 5.69 Å². The van der Waals surface area contributed by atoms with E-state index in [-0.39, 0.29) is 12.5 Å². The van der Waals surface area contributed by atoms with Gasteiger partial charge in [-0.25, -0.2) is 4.98 Å². The summed E-state index contributed by atoms with van der Waals surface area (Å²) in [6.07, 6.45) is 1.57. The summed E-state index contributed by atoms with van der Waals surface area (Å²) in [5.74, 6) is 0.835. The van der Waals surface area contributed by atoms with Crippen molar-refractivity contribution in [1.29, 1.82) is 0 Å². The topological polar surface area (TPSA) is 64.4 Å². The van der Waals surface area contributed by atoms with Crippen LogP contribution in [0.5, 0.6) is 5.75 Å². The largest absolute Gasteiger partial charge is 0.486 e. The molecule has 0 aliphatic carbocycles. The van der Waals surface area contributed by atoms with E-state index in [0.717, 1.165) is 10.6 Å². The van der Waals surface area contributed by atoms with Gasteiger partial charge in [0, 0.05) is 5.69 Å². The van der Waals surface area contributed by atoms with E-state index in [1.54, 1.807) is 35.8 Å². The Morgan fingerprint density at radius 2 is 1.85 bits per heavy atom. The first-order chi connectivity index (χ1) is 13.3. The zero-order valence-corrected chi connectivity index (χ0v) is 15.1. The summed E-state index contributed by atoms with van der Waals surface area (Å²) in [5.41, 5.74) is 1.86. The second-order valence-electron chi connectivity index (χ2n) is 5.73. The molecule has 4 rings (SSSR count). The number of anilines is 1. The number of rotatable bonds is 6. The van der Waals surface area contributed by atoms with Crippen molar-refractivity contribution in [2.45, 2.75) is 6.61 Å². The highest BCUT2D eigenvalue weighted by atomic mass is 32.1. The van der Waals surface area contributed by atoms with E-state index >= 15 is 0 Å². The van der Waals surface area contributed by atoms with Gasteiger partial charge in [-0.2, -0.15) is 0 Å². The molecule has 1 amide bonds. The van der Waals surface area contributed by atoms with Crippen LogP contribution in [0.2, 0.25) is 0 Å². The van der Waals surface area contributed by atoms with E-state index < -0.39 is 0 Å². The Hall–Kier alpha value is -3.38. The molecule has 0 aliphatic rings. The molecular formula is C21H16N2O3S. The smallest absolute Gasteiger partial charge is 0.259 e. The molecule has 1 N–H and O–H groups in total. The number of hydrogen-bond acceptors (Lipinski definition) is 5. The molecule has 0 unspecified atom stereocenters. The number of amides is 1. The molecule has 0 saturated carbocycles. The monoisotopic (exact) mass is 376 g/mol. The van der Waals surface area contributed by atoms with Crippen LogP contribution in [-0.4, -0.2) is 10.9 Å². The van der Waals surface area contributed by atoms with E-state index in [0.29, 0.717) is 22.9 Å². The summed E-state index contributed by atoms with van der Waals surface area (Å²) in [6.45, 7) is 0.213. The van der Waals surface area contributed by atoms with Crippen molar-refractivity contribution >= 4 is 22.9 Å². The average molecular weight is 376 g/mol. The van der Waals surface area contributed by atoms with Crippen molar-refractivity contribution < 1.29 is 13.9 Å². The summed E-state index contributed by atoms with van der Waals surface area (Å²) in [7, 11) is 0. The van der Waals surface area contributed by atoms with Gasteiger partial charge in [-0.3, -0.25) is 4.79 Å². The zero-order chi connectivity index (χ0) is 18.5. The van der Waals surface area contributed by atoms with Crippen LogP contribution in [-0.2, 0) is 6.61 Å². The number of carbonyl (C=O) groups excluding carboxylic acids is 1. The fraction of sp³-hybridized carbons (Fsp3) is 0.0476. The number of carbonyl (C=O) groups is 1. The maximum Gasteiger partial charge on any atom is 0.259 e. The molecule has 2 heterocycles. The Bertz CT molecular complexity index is 1030. The minimum Gasteiger partial charge on any atom is -0.486 e. The summed E-state index contributed by atoms with van der Waals surface area (Å²) < 4.78 is 11.3. The van der Waals surface area contributed by atoms with Crippen LogP contribution in [0, 0.1) is 0 Å². The lowest BCUT2D eigenvalue weighted by atomic mass is 10.2. The van der Waals surface area contributed by atoms with Gasteiger partial charge in [0.15, 0.2) is 0 Å². The quantitative estimate of drug-likeness (QED) is 0.500. The molecule has 0 atom stereocenters. The van der Waals surface area contributed by atoms with Crippen molar-refractivity contribution in [2.75, 3.05) is 5.32 Å². The third-order valence-electron chi connectivity index (χ3n) is 3.82. The number of para-hydroxylation sites is 2. The van der Waals surface area contributed by atoms with Gasteiger partial charge in [0.2, 0.25) is 5.89 Å². The molecule has 4 aromatic rings. The van der Waals surface area contributed by atoms with Crippen LogP contribution in [0.25, 0.3) is 10.8 Å². The molecule has 0 bridgehead atoms. The SMILES string of the molecule is O=C(Nc1ccccc1)c1ccccc1OCc1coc(-c2cccs2)n1. The summed E-state index contributed by atoms with van der Waals surface area (Å²) in [6, 6.07) is 20.3. The van der Waals surface area contributed by atoms with E-state index in [1.165, 1.54) is 0 Å². The molecule has 6 heteroatoms. The van der Waals surface area contributed by atoms with Gasteiger partial charge in [0.25, 0.3) is 5.91 Å². The zero-order valence-electron chi connectivity index (χ0n) is 14.3. The fourth-order valence-corrected chi connectivity index (χ4v) is 3.19. The van der Waals surface area contributed by atoms with E-state index in [2.05, 4.69) is 10.3 Å². The number of nitrogens with zero attached hydrogens (tertiary/aromatic N) is 1. The summed E-state index contributed by atoms with van der Waals surface area (Å²) in [4.78, 5) is 18.0. The van der Waals surface area contributed by atoms with Gasteiger partial charge in [0.1, 0.15) is 24.3 Å². The molecule has 134 valence electrons. The number of nitrogens with one attached hydrogen (secondary N) is 1. The lowest BCUT2D eigenvalue weighted by molar-refractivity contribution is 0.102. The minimum atomic E-state index is -0.226. The van der Waals surface area contributed by atoms with Gasteiger partial charge in [-0.15, -0.1) is 11.3 Å². The molecule has 5 nitrogen and oxygen atoms in total. The molecule has 0 aliphatic heterocycles. The van der Waals surface area contributed by atoms with E-state index in [4.69, 9.17) is 9.15 Å². The Morgan fingerprint density at radius 1 is 1.04 bits per heavy atom. The predicted molar refractivity (Wildman–Crippen MR) is 105 cm³/mol. The second-order valence-corrected chi connectivity index (χ2v) is 6.67. The van der Waals surface area contributed by atoms with Gasteiger partial charge in [0.05, 0.1) is 10.4 Å². The van der Waals surface area contributed by atoms with Gasteiger partial charge in [-0.1, -0.05) is 36.4 Å². The first-order valence-electron chi connectivity index (χ1n) is 8.36. The first-order valence-corrected chi connectivity index (χ1v) is 9.24. The van der Waals surface area contributed by atoms with Crippen molar-refractivity contribution in [3.05, 3.63) is 89.6 Å². The molecule has 2 aromatic carbocycles. The molecule has 0 spiro atoms. The lowest BCUT2D eigenvalue weighted by Gasteiger charge is -2.10. The van der Waals surface area contributed by atoms with Gasteiger partial charge >= 0.3 is 0 Å². The number of hydrogen-bond donors (Lipinski definition) is 1. The van der Waals surface area contributed by atoms with Gasteiger partial charge in [-0.05, 0) is 35.7 Å². The maximum absolute atomic E-state index is 12.6. The number of aromatic nitrogens is 1. The molecular weight excluding hydrogens is 360 g/mol. The summed E-state index contributed by atoms with van der Waals surface area (Å²) >= 11 is 1.56. The normalized spacial score (nSPS) is 10.5. The third kappa shape index (κ3) is 4.07. The number of ether oxygens (including phenoxy) is 1. The number of oxazole rings is 1. The molecule has 2 aromatic heterocycles. The Morgan fingerprint density at radius 3 is 2.67 bits per heavy atom. The van der Waals surface area contributed by atoms with Crippen molar-refractivity contribution in [1.82, 2.24) is 4.98 Å². The standard InChI is InChI=1S/C21H16N2O3S/c24-20(22-15-7-2-1-3-8-15)17-9-4-5-10-18(17)25-13-16-14-26-21(23-16)19-11-6-12-27-19/h1-12,14H,13H2,(H,22,24). The molecule has 0 saturated heterocycles. The predicted octanol–water partition coefficient (Wildman–Crippen LogP) is 5.23. The maximum atomic E-state index is 12.6. The molecule has 0 fully saturated rings. The van der Waals surface area contributed by atoms with Crippen LogP contribution in [0.3, 0.4) is 0 Å². The van der Waals surface area contributed by atoms with Gasteiger partial charge < -0.3 is 14.5 Å². The average Bonchev–Trinajstić information content (AvgIpc) is 3.39. The lowest BCUT2D eigenvalue weighted by Crippen LogP contribution is -2.13. The highest BCUT2D eigenvalue weighted by Crippen LogP contribution is 2.25. The fourth-order valence-electron chi connectivity index (χ4n) is 2.54. The van der Waals surface area contributed by atoms with E-state index in [9.17, 15) is 4.79 Å². The van der Waals surface area contributed by atoms with Crippen molar-refractivity contribution in [3.8, 4) is 16.5 Å².